The quantitative estimate of drug-likeness (QED) is 0.762. The molecule has 0 bridgehead atoms. The molecule has 2 aromatic carbocycles. The van der Waals surface area contributed by atoms with E-state index in [9.17, 15) is 9.59 Å². The lowest BCUT2D eigenvalue weighted by Crippen LogP contribution is -2.05. The van der Waals surface area contributed by atoms with Crippen molar-refractivity contribution in [3.05, 3.63) is 47.5 Å². The van der Waals surface area contributed by atoms with Gasteiger partial charge < -0.3 is 9.47 Å². The molecular weight excluding hydrogens is 280 g/mol. The highest BCUT2D eigenvalue weighted by Crippen LogP contribution is 2.22. The van der Waals surface area contributed by atoms with E-state index >= 15 is 0 Å². The molecule has 0 unspecified atom stereocenters. The van der Waals surface area contributed by atoms with E-state index in [1.54, 1.807) is 13.8 Å². The van der Waals surface area contributed by atoms with Gasteiger partial charge in [0.25, 0.3) is 0 Å². The first-order chi connectivity index (χ1) is 10.6. The highest BCUT2D eigenvalue weighted by Gasteiger charge is 2.08. The third-order valence-corrected chi connectivity index (χ3v) is 3.37. The van der Waals surface area contributed by atoms with Crippen molar-refractivity contribution in [2.75, 3.05) is 0 Å². The molecule has 4 heteroatoms. The molecule has 2 aromatic rings. The Bertz CT molecular complexity index is 676. The van der Waals surface area contributed by atoms with Gasteiger partial charge in [-0.15, -0.1) is 0 Å². The summed E-state index contributed by atoms with van der Waals surface area (Å²) in [6.07, 6.45) is 0.709. The molecule has 0 radical (unpaired) electrons. The predicted molar refractivity (Wildman–Crippen MR) is 84.1 cm³/mol. The van der Waals surface area contributed by atoms with Crippen LogP contribution in [0.3, 0.4) is 0 Å². The molecule has 0 fully saturated rings. The summed E-state index contributed by atoms with van der Waals surface area (Å²) in [7, 11) is 0. The van der Waals surface area contributed by atoms with Gasteiger partial charge in [0.15, 0.2) is 0 Å². The van der Waals surface area contributed by atoms with E-state index in [0.717, 1.165) is 21.9 Å². The molecule has 0 spiro atoms. The van der Waals surface area contributed by atoms with Gasteiger partial charge in [-0.1, -0.05) is 38.1 Å². The summed E-state index contributed by atoms with van der Waals surface area (Å²) >= 11 is 0. The first kappa shape index (κ1) is 16.0. The van der Waals surface area contributed by atoms with Crippen molar-refractivity contribution in [2.45, 2.75) is 39.9 Å². The van der Waals surface area contributed by atoms with Crippen molar-refractivity contribution in [3.63, 3.8) is 0 Å². The first-order valence-electron chi connectivity index (χ1n) is 7.45. The predicted octanol–water partition coefficient (Wildman–Crippen LogP) is 3.75. The van der Waals surface area contributed by atoms with Crippen LogP contribution in [0.25, 0.3) is 10.8 Å². The van der Waals surface area contributed by atoms with Crippen molar-refractivity contribution in [1.82, 2.24) is 0 Å². The van der Waals surface area contributed by atoms with Crippen LogP contribution in [0.4, 0.5) is 0 Å². The Morgan fingerprint density at radius 2 is 1.55 bits per heavy atom. The maximum absolute atomic E-state index is 11.4. The number of ether oxygens (including phenoxy) is 2. The monoisotopic (exact) mass is 300 g/mol. The lowest BCUT2D eigenvalue weighted by atomic mass is 10.0. The van der Waals surface area contributed by atoms with Crippen molar-refractivity contribution < 1.29 is 19.1 Å². The molecule has 0 aromatic heterocycles. The average Bonchev–Trinajstić information content (AvgIpc) is 2.56. The second-order valence-corrected chi connectivity index (χ2v) is 5.00. The van der Waals surface area contributed by atoms with E-state index < -0.39 is 0 Å². The van der Waals surface area contributed by atoms with E-state index in [0.29, 0.717) is 12.8 Å². The lowest BCUT2D eigenvalue weighted by molar-refractivity contribution is -0.145. The molecule has 116 valence electrons. The molecule has 0 heterocycles. The van der Waals surface area contributed by atoms with Crippen LogP contribution in [-0.2, 0) is 32.3 Å². The molecular formula is C18H20O4. The van der Waals surface area contributed by atoms with Crippen LogP contribution in [-0.4, -0.2) is 11.9 Å². The van der Waals surface area contributed by atoms with Gasteiger partial charge in [0, 0.05) is 12.8 Å². The van der Waals surface area contributed by atoms with Crippen LogP contribution in [0.1, 0.15) is 37.8 Å². The molecule has 0 amide bonds. The Morgan fingerprint density at radius 3 is 2.23 bits per heavy atom. The van der Waals surface area contributed by atoms with Gasteiger partial charge in [-0.3, -0.25) is 9.59 Å². The van der Waals surface area contributed by atoms with Gasteiger partial charge in [-0.2, -0.15) is 0 Å². The summed E-state index contributed by atoms with van der Waals surface area (Å²) in [4.78, 5) is 22.7. The summed E-state index contributed by atoms with van der Waals surface area (Å²) in [6, 6.07) is 11.8. The number of fused-ring (bicyclic) bond motifs is 1. The Labute approximate surface area is 130 Å². The minimum Gasteiger partial charge on any atom is -0.461 e. The van der Waals surface area contributed by atoms with Gasteiger partial charge in [-0.05, 0) is 34.0 Å². The molecule has 0 saturated heterocycles. The van der Waals surface area contributed by atoms with E-state index in [-0.39, 0.29) is 25.2 Å². The van der Waals surface area contributed by atoms with E-state index in [2.05, 4.69) is 0 Å². The number of hydrogen-bond donors (Lipinski definition) is 0. The fraction of sp³-hybridized carbons (Fsp3) is 0.333. The molecule has 22 heavy (non-hydrogen) atoms. The number of hydrogen-bond acceptors (Lipinski definition) is 4. The minimum atomic E-state index is -0.230. The molecule has 0 atom stereocenters. The third-order valence-electron chi connectivity index (χ3n) is 3.37. The molecule has 2 rings (SSSR count). The summed E-state index contributed by atoms with van der Waals surface area (Å²) in [5, 5.41) is 2.08. The van der Waals surface area contributed by atoms with E-state index in [1.807, 2.05) is 36.4 Å². The molecule has 4 nitrogen and oxygen atoms in total. The van der Waals surface area contributed by atoms with Crippen LogP contribution < -0.4 is 0 Å². The Morgan fingerprint density at radius 1 is 0.909 bits per heavy atom. The van der Waals surface area contributed by atoms with Crippen LogP contribution in [0.15, 0.2) is 36.4 Å². The fourth-order valence-electron chi connectivity index (χ4n) is 2.19. The number of benzene rings is 2. The zero-order valence-corrected chi connectivity index (χ0v) is 12.9. The molecule has 0 aliphatic heterocycles. The third kappa shape index (κ3) is 4.07. The second-order valence-electron chi connectivity index (χ2n) is 5.00. The summed E-state index contributed by atoms with van der Waals surface area (Å²) in [6.45, 7) is 3.98. The van der Waals surface area contributed by atoms with Crippen LogP contribution >= 0.6 is 0 Å². The average molecular weight is 300 g/mol. The SMILES string of the molecule is CCC(=O)OCc1cc(COC(=O)CC)c2ccccc2c1. The number of esters is 2. The molecule has 0 saturated carbocycles. The Hall–Kier alpha value is -2.36. The van der Waals surface area contributed by atoms with Crippen LogP contribution in [0.2, 0.25) is 0 Å². The van der Waals surface area contributed by atoms with Crippen molar-refractivity contribution >= 4 is 22.7 Å². The van der Waals surface area contributed by atoms with Crippen LogP contribution in [0.5, 0.6) is 0 Å². The largest absolute Gasteiger partial charge is 0.461 e. The molecule has 0 aliphatic rings. The number of carbonyl (C=O) groups excluding carboxylic acids is 2. The van der Waals surface area contributed by atoms with Gasteiger partial charge in [0.1, 0.15) is 13.2 Å². The second kappa shape index (κ2) is 7.59. The normalized spacial score (nSPS) is 10.5. The Balaban J connectivity index is 2.26. The van der Waals surface area contributed by atoms with Crippen LogP contribution in [0, 0.1) is 0 Å². The smallest absolute Gasteiger partial charge is 0.305 e. The maximum atomic E-state index is 11.4. The number of rotatable bonds is 6. The zero-order valence-electron chi connectivity index (χ0n) is 12.9. The highest BCUT2D eigenvalue weighted by atomic mass is 16.5. The van der Waals surface area contributed by atoms with Gasteiger partial charge >= 0.3 is 11.9 Å². The van der Waals surface area contributed by atoms with E-state index in [4.69, 9.17) is 9.47 Å². The standard InChI is InChI=1S/C18H20O4/c1-3-17(19)21-11-13-9-14-7-5-6-8-16(14)15(10-13)12-22-18(20)4-2/h5-10H,3-4,11-12H2,1-2H3. The fourth-order valence-corrected chi connectivity index (χ4v) is 2.19. The van der Waals surface area contributed by atoms with Crippen molar-refractivity contribution in [3.8, 4) is 0 Å². The first-order valence-corrected chi connectivity index (χ1v) is 7.45. The molecule has 0 N–H and O–H groups in total. The zero-order chi connectivity index (χ0) is 15.9. The lowest BCUT2D eigenvalue weighted by Gasteiger charge is -2.11. The summed E-state index contributed by atoms with van der Waals surface area (Å²) < 4.78 is 10.4. The molecule has 0 aliphatic carbocycles. The summed E-state index contributed by atoms with van der Waals surface area (Å²) in [5.41, 5.74) is 1.81. The van der Waals surface area contributed by atoms with E-state index in [1.165, 1.54) is 0 Å². The number of carbonyl (C=O) groups is 2. The minimum absolute atomic E-state index is 0.225. The van der Waals surface area contributed by atoms with Gasteiger partial charge in [0.2, 0.25) is 0 Å². The van der Waals surface area contributed by atoms with Gasteiger partial charge in [0.05, 0.1) is 0 Å². The maximum Gasteiger partial charge on any atom is 0.305 e. The van der Waals surface area contributed by atoms with Crippen molar-refractivity contribution in [2.24, 2.45) is 0 Å². The summed E-state index contributed by atoms with van der Waals surface area (Å²) in [5.74, 6) is -0.459. The van der Waals surface area contributed by atoms with Gasteiger partial charge in [-0.25, -0.2) is 0 Å². The Kier molecular flexibility index (Phi) is 5.53. The topological polar surface area (TPSA) is 52.6 Å². The van der Waals surface area contributed by atoms with Crippen molar-refractivity contribution in [1.29, 1.82) is 0 Å². The highest BCUT2D eigenvalue weighted by molar-refractivity contribution is 5.86.